The van der Waals surface area contributed by atoms with Crippen molar-refractivity contribution in [1.29, 1.82) is 0 Å². The van der Waals surface area contributed by atoms with E-state index in [4.69, 9.17) is 5.11 Å². The number of thioether (sulfide) groups is 1. The van der Waals surface area contributed by atoms with Crippen molar-refractivity contribution in [2.24, 2.45) is 0 Å². The highest BCUT2D eigenvalue weighted by Crippen LogP contribution is 2.17. The van der Waals surface area contributed by atoms with Gasteiger partial charge in [-0.3, -0.25) is 14.9 Å². The Labute approximate surface area is 90.3 Å². The topological polar surface area (TPSA) is 80.4 Å². The first kappa shape index (κ1) is 11.5. The zero-order valence-electron chi connectivity index (χ0n) is 7.75. The number of carboxylic acids is 1. The van der Waals surface area contributed by atoms with Crippen LogP contribution in [0.4, 0.5) is 5.69 Å². The summed E-state index contributed by atoms with van der Waals surface area (Å²) in [6.45, 7) is 0. The van der Waals surface area contributed by atoms with Crippen LogP contribution >= 0.6 is 11.8 Å². The fraction of sp³-hybridized carbons (Fsp3) is 0.222. The fourth-order valence-corrected chi connectivity index (χ4v) is 1.71. The van der Waals surface area contributed by atoms with Gasteiger partial charge in [-0.25, -0.2) is 0 Å². The molecule has 0 aliphatic carbocycles. The van der Waals surface area contributed by atoms with E-state index in [0.29, 0.717) is 5.75 Å². The van der Waals surface area contributed by atoms with Gasteiger partial charge in [-0.15, -0.1) is 11.8 Å². The summed E-state index contributed by atoms with van der Waals surface area (Å²) in [5.41, 5.74) is 0.791. The van der Waals surface area contributed by atoms with Gasteiger partial charge in [-0.2, -0.15) is 0 Å². The Bertz CT molecular complexity index is 380. The summed E-state index contributed by atoms with van der Waals surface area (Å²) in [7, 11) is 0. The summed E-state index contributed by atoms with van der Waals surface area (Å²) in [6, 6.07) is 6.19. The van der Waals surface area contributed by atoms with Crippen LogP contribution in [0.1, 0.15) is 5.56 Å². The van der Waals surface area contributed by atoms with Gasteiger partial charge in [0.25, 0.3) is 5.69 Å². The minimum absolute atomic E-state index is 0.00267. The molecule has 0 unspecified atom stereocenters. The maximum absolute atomic E-state index is 10.4. The molecule has 0 aromatic heterocycles. The minimum atomic E-state index is -0.884. The van der Waals surface area contributed by atoms with Crippen LogP contribution in [0.15, 0.2) is 24.3 Å². The van der Waals surface area contributed by atoms with Crippen molar-refractivity contribution in [3.8, 4) is 0 Å². The van der Waals surface area contributed by atoms with E-state index in [2.05, 4.69) is 0 Å². The maximum Gasteiger partial charge on any atom is 0.313 e. The van der Waals surface area contributed by atoms with Crippen LogP contribution in [0.3, 0.4) is 0 Å². The normalized spacial score (nSPS) is 9.87. The summed E-state index contributed by atoms with van der Waals surface area (Å²) in [6.07, 6.45) is 0. The molecule has 6 heteroatoms. The molecule has 1 N–H and O–H groups in total. The average molecular weight is 227 g/mol. The molecule has 0 spiro atoms. The van der Waals surface area contributed by atoms with Crippen LogP contribution in [0.2, 0.25) is 0 Å². The van der Waals surface area contributed by atoms with E-state index in [9.17, 15) is 14.9 Å². The molecule has 80 valence electrons. The van der Waals surface area contributed by atoms with Crippen molar-refractivity contribution >= 4 is 23.4 Å². The van der Waals surface area contributed by atoms with Gasteiger partial charge in [0.15, 0.2) is 0 Å². The third-order valence-electron chi connectivity index (χ3n) is 1.62. The number of benzene rings is 1. The molecule has 0 heterocycles. The standard InChI is InChI=1S/C9H9NO4S/c11-9(12)6-15-5-7-2-1-3-8(4-7)10(13)14/h1-4H,5-6H2,(H,11,12). The zero-order chi connectivity index (χ0) is 11.3. The van der Waals surface area contributed by atoms with Gasteiger partial charge in [-0.1, -0.05) is 12.1 Å². The second-order valence-electron chi connectivity index (χ2n) is 2.81. The van der Waals surface area contributed by atoms with Crippen LogP contribution in [0.25, 0.3) is 0 Å². The molecule has 1 aromatic carbocycles. The molecule has 1 rings (SSSR count). The SMILES string of the molecule is O=C(O)CSCc1cccc([N+](=O)[O-])c1. The van der Waals surface area contributed by atoms with Crippen molar-refractivity contribution in [2.45, 2.75) is 5.75 Å². The smallest absolute Gasteiger partial charge is 0.313 e. The summed E-state index contributed by atoms with van der Waals surface area (Å²) < 4.78 is 0. The van der Waals surface area contributed by atoms with Gasteiger partial charge in [-0.05, 0) is 5.56 Å². The van der Waals surface area contributed by atoms with Crippen molar-refractivity contribution < 1.29 is 14.8 Å². The van der Waals surface area contributed by atoms with Crippen molar-refractivity contribution in [3.05, 3.63) is 39.9 Å². The Morgan fingerprint density at radius 1 is 1.53 bits per heavy atom. The lowest BCUT2D eigenvalue weighted by Crippen LogP contribution is -1.98. The second-order valence-corrected chi connectivity index (χ2v) is 3.80. The Balaban J connectivity index is 2.58. The zero-order valence-corrected chi connectivity index (χ0v) is 8.57. The fourth-order valence-electron chi connectivity index (χ4n) is 1.02. The molecular weight excluding hydrogens is 218 g/mol. The summed E-state index contributed by atoms with van der Waals surface area (Å²) >= 11 is 1.21. The molecule has 0 amide bonds. The monoisotopic (exact) mass is 227 g/mol. The summed E-state index contributed by atoms with van der Waals surface area (Å²) in [5, 5.41) is 18.8. The number of hydrogen-bond acceptors (Lipinski definition) is 4. The number of non-ortho nitro benzene ring substituents is 1. The van der Waals surface area contributed by atoms with Crippen LogP contribution in [-0.2, 0) is 10.5 Å². The number of aliphatic carboxylic acids is 1. The Morgan fingerprint density at radius 2 is 2.27 bits per heavy atom. The number of nitro benzene ring substituents is 1. The second kappa shape index (κ2) is 5.35. The molecule has 0 bridgehead atoms. The summed E-state index contributed by atoms with van der Waals surface area (Å²) in [4.78, 5) is 20.2. The van der Waals surface area contributed by atoms with Gasteiger partial charge >= 0.3 is 5.97 Å². The summed E-state index contributed by atoms with van der Waals surface area (Å²) in [5.74, 6) is -0.415. The molecule has 5 nitrogen and oxygen atoms in total. The van der Waals surface area contributed by atoms with Crippen molar-refractivity contribution in [1.82, 2.24) is 0 Å². The molecule has 0 radical (unpaired) electrons. The van der Waals surface area contributed by atoms with Gasteiger partial charge in [0.05, 0.1) is 10.7 Å². The third-order valence-corrected chi connectivity index (χ3v) is 2.60. The Hall–Kier alpha value is -1.56. The van der Waals surface area contributed by atoms with Gasteiger partial charge < -0.3 is 5.11 Å². The lowest BCUT2D eigenvalue weighted by Gasteiger charge is -1.99. The molecule has 0 saturated carbocycles. The maximum atomic E-state index is 10.4. The number of carboxylic acid groups (broad SMARTS) is 1. The van der Waals surface area contributed by atoms with Crippen LogP contribution in [0.5, 0.6) is 0 Å². The highest BCUT2D eigenvalue weighted by molar-refractivity contribution is 7.99. The molecule has 0 fully saturated rings. The Kier molecular flexibility index (Phi) is 4.11. The average Bonchev–Trinajstić information content (AvgIpc) is 2.17. The number of rotatable bonds is 5. The van der Waals surface area contributed by atoms with Gasteiger partial charge in [0, 0.05) is 17.9 Å². The predicted molar refractivity (Wildman–Crippen MR) is 56.9 cm³/mol. The van der Waals surface area contributed by atoms with Crippen LogP contribution in [0, 0.1) is 10.1 Å². The molecular formula is C9H9NO4S. The Morgan fingerprint density at radius 3 is 2.87 bits per heavy atom. The third kappa shape index (κ3) is 3.99. The lowest BCUT2D eigenvalue weighted by molar-refractivity contribution is -0.384. The van der Waals surface area contributed by atoms with Gasteiger partial charge in [0.1, 0.15) is 0 Å². The molecule has 0 aliphatic rings. The molecule has 0 saturated heterocycles. The number of carbonyl (C=O) groups is 1. The predicted octanol–water partition coefficient (Wildman–Crippen LogP) is 1.91. The van der Waals surface area contributed by atoms with E-state index in [0.717, 1.165) is 5.56 Å². The first-order valence-corrected chi connectivity index (χ1v) is 5.28. The largest absolute Gasteiger partial charge is 0.481 e. The highest BCUT2D eigenvalue weighted by Gasteiger charge is 2.05. The van der Waals surface area contributed by atoms with Crippen LogP contribution in [-0.4, -0.2) is 21.8 Å². The number of hydrogen-bond donors (Lipinski definition) is 1. The van der Waals surface area contributed by atoms with E-state index in [-0.39, 0.29) is 11.4 Å². The number of nitro groups is 1. The lowest BCUT2D eigenvalue weighted by atomic mass is 10.2. The molecule has 0 aliphatic heterocycles. The minimum Gasteiger partial charge on any atom is -0.481 e. The first-order chi connectivity index (χ1) is 7.09. The van der Waals surface area contributed by atoms with Crippen LogP contribution < -0.4 is 0 Å². The van der Waals surface area contributed by atoms with E-state index in [1.54, 1.807) is 12.1 Å². The van der Waals surface area contributed by atoms with E-state index in [1.807, 2.05) is 0 Å². The van der Waals surface area contributed by atoms with Crippen molar-refractivity contribution in [2.75, 3.05) is 5.75 Å². The first-order valence-electron chi connectivity index (χ1n) is 4.12. The van der Waals surface area contributed by atoms with E-state index >= 15 is 0 Å². The highest BCUT2D eigenvalue weighted by atomic mass is 32.2. The number of nitrogens with zero attached hydrogens (tertiary/aromatic N) is 1. The van der Waals surface area contributed by atoms with E-state index < -0.39 is 10.9 Å². The molecule has 15 heavy (non-hydrogen) atoms. The van der Waals surface area contributed by atoms with E-state index in [1.165, 1.54) is 23.9 Å². The quantitative estimate of drug-likeness (QED) is 0.613. The van der Waals surface area contributed by atoms with Crippen molar-refractivity contribution in [3.63, 3.8) is 0 Å². The van der Waals surface area contributed by atoms with Gasteiger partial charge in [0.2, 0.25) is 0 Å². The molecule has 0 atom stereocenters. The molecule has 1 aromatic rings.